The van der Waals surface area contributed by atoms with Crippen LogP contribution in [0.5, 0.6) is 5.75 Å². The summed E-state index contributed by atoms with van der Waals surface area (Å²) in [5, 5.41) is 3.03. The highest BCUT2D eigenvalue weighted by atomic mass is 16.5. The molecule has 1 aromatic carbocycles. The monoisotopic (exact) mass is 343 g/mol. The third kappa shape index (κ3) is 4.47. The van der Waals surface area contributed by atoms with Crippen LogP contribution in [0.25, 0.3) is 0 Å². The Labute approximate surface area is 148 Å². The molecule has 25 heavy (non-hydrogen) atoms. The number of anilines is 1. The first-order chi connectivity index (χ1) is 12.2. The maximum Gasteiger partial charge on any atom is 0.317 e. The van der Waals surface area contributed by atoms with Gasteiger partial charge in [0.05, 0.1) is 19.9 Å². The first-order valence-electron chi connectivity index (χ1n) is 8.56. The summed E-state index contributed by atoms with van der Waals surface area (Å²) in [7, 11) is 3.45. The van der Waals surface area contributed by atoms with E-state index in [2.05, 4.69) is 22.3 Å². The van der Waals surface area contributed by atoms with E-state index in [9.17, 15) is 4.79 Å². The second kappa shape index (κ2) is 7.96. The molecule has 1 aromatic heterocycles. The summed E-state index contributed by atoms with van der Waals surface area (Å²) in [6.07, 6.45) is 2.69. The number of carbonyl (C=O) groups excluding carboxylic acids is 1. The lowest BCUT2D eigenvalue weighted by molar-refractivity contribution is 0.201. The average Bonchev–Trinajstić information content (AvgIpc) is 3.31. The Hall–Kier alpha value is -2.63. The Morgan fingerprint density at radius 2 is 2.28 bits per heavy atom. The van der Waals surface area contributed by atoms with E-state index in [4.69, 9.17) is 9.15 Å². The summed E-state index contributed by atoms with van der Waals surface area (Å²) in [6, 6.07) is 11.7. The van der Waals surface area contributed by atoms with Crippen molar-refractivity contribution >= 4 is 11.7 Å². The lowest BCUT2D eigenvalue weighted by Gasteiger charge is -2.20. The van der Waals surface area contributed by atoms with Crippen LogP contribution in [0, 0.1) is 5.92 Å². The van der Waals surface area contributed by atoms with Gasteiger partial charge in [0, 0.05) is 38.4 Å². The Balaban J connectivity index is 1.45. The molecule has 1 atom stereocenters. The summed E-state index contributed by atoms with van der Waals surface area (Å²) in [5.41, 5.74) is 1.17. The molecule has 6 heteroatoms. The number of carbonyl (C=O) groups is 1. The van der Waals surface area contributed by atoms with Gasteiger partial charge >= 0.3 is 6.03 Å². The Morgan fingerprint density at radius 1 is 1.40 bits per heavy atom. The molecule has 0 bridgehead atoms. The molecule has 2 aromatic rings. The van der Waals surface area contributed by atoms with Crippen LogP contribution in [0.4, 0.5) is 10.5 Å². The molecule has 0 spiro atoms. The van der Waals surface area contributed by atoms with Crippen LogP contribution in [0.1, 0.15) is 12.2 Å². The topological polar surface area (TPSA) is 58.0 Å². The number of nitrogens with one attached hydrogen (secondary N) is 1. The maximum atomic E-state index is 12.2. The standard InChI is InChI=1S/C19H25N3O3/c1-21(14-18-7-4-10-25-18)19(23)20-12-15-8-9-22(13-15)16-5-3-6-17(11-16)24-2/h3-7,10-11,15H,8-9,12-14H2,1-2H3,(H,20,23)/t15-/m0/s1. The number of benzene rings is 1. The molecule has 1 aliphatic heterocycles. The van der Waals surface area contributed by atoms with Crippen LogP contribution in [0.15, 0.2) is 47.1 Å². The molecule has 0 unspecified atom stereocenters. The zero-order chi connectivity index (χ0) is 17.6. The van der Waals surface area contributed by atoms with Crippen molar-refractivity contribution in [1.29, 1.82) is 0 Å². The molecule has 0 aliphatic carbocycles. The third-order valence-corrected chi connectivity index (χ3v) is 4.57. The lowest BCUT2D eigenvalue weighted by Crippen LogP contribution is -2.39. The van der Waals surface area contributed by atoms with Crippen molar-refractivity contribution in [1.82, 2.24) is 10.2 Å². The van der Waals surface area contributed by atoms with E-state index >= 15 is 0 Å². The van der Waals surface area contributed by atoms with Crippen LogP contribution in [-0.4, -0.2) is 44.7 Å². The minimum Gasteiger partial charge on any atom is -0.497 e. The van der Waals surface area contributed by atoms with Crippen LogP contribution in [-0.2, 0) is 6.54 Å². The van der Waals surface area contributed by atoms with Gasteiger partial charge < -0.3 is 24.3 Å². The van der Waals surface area contributed by atoms with Gasteiger partial charge in [-0.3, -0.25) is 0 Å². The summed E-state index contributed by atoms with van der Waals surface area (Å²) < 4.78 is 10.6. The fourth-order valence-corrected chi connectivity index (χ4v) is 3.12. The first kappa shape index (κ1) is 17.2. The van der Waals surface area contributed by atoms with Crippen molar-refractivity contribution in [2.75, 3.05) is 38.7 Å². The molecular weight excluding hydrogens is 318 g/mol. The fourth-order valence-electron chi connectivity index (χ4n) is 3.12. The van der Waals surface area contributed by atoms with Crippen LogP contribution in [0.3, 0.4) is 0 Å². The Morgan fingerprint density at radius 3 is 3.04 bits per heavy atom. The number of ether oxygens (including phenoxy) is 1. The Bertz CT molecular complexity index is 687. The average molecular weight is 343 g/mol. The smallest absolute Gasteiger partial charge is 0.317 e. The molecule has 1 aliphatic rings. The van der Waals surface area contributed by atoms with Crippen molar-refractivity contribution < 1.29 is 13.9 Å². The summed E-state index contributed by atoms with van der Waals surface area (Å²) >= 11 is 0. The van der Waals surface area contributed by atoms with E-state index in [1.54, 1.807) is 25.3 Å². The predicted molar refractivity (Wildman–Crippen MR) is 96.9 cm³/mol. The molecule has 1 saturated heterocycles. The van der Waals surface area contributed by atoms with Crippen LogP contribution >= 0.6 is 0 Å². The molecule has 3 rings (SSSR count). The van der Waals surface area contributed by atoms with Gasteiger partial charge in [-0.05, 0) is 36.6 Å². The first-order valence-corrected chi connectivity index (χ1v) is 8.56. The van der Waals surface area contributed by atoms with Crippen LogP contribution in [0.2, 0.25) is 0 Å². The number of furan rings is 1. The van der Waals surface area contributed by atoms with Gasteiger partial charge in [0.15, 0.2) is 0 Å². The third-order valence-electron chi connectivity index (χ3n) is 4.57. The molecule has 134 valence electrons. The van der Waals surface area contributed by atoms with Crippen LogP contribution < -0.4 is 15.0 Å². The zero-order valence-electron chi connectivity index (χ0n) is 14.8. The molecule has 0 saturated carbocycles. The van der Waals surface area contributed by atoms with Crippen molar-refractivity contribution in [3.8, 4) is 5.75 Å². The highest BCUT2D eigenvalue weighted by Gasteiger charge is 2.24. The molecule has 2 heterocycles. The number of hydrogen-bond donors (Lipinski definition) is 1. The lowest BCUT2D eigenvalue weighted by atomic mass is 10.1. The molecule has 0 radical (unpaired) electrons. The highest BCUT2D eigenvalue weighted by Crippen LogP contribution is 2.26. The number of urea groups is 1. The molecule has 1 fully saturated rings. The number of hydrogen-bond acceptors (Lipinski definition) is 4. The van der Waals surface area contributed by atoms with E-state index in [1.165, 1.54) is 5.69 Å². The van der Waals surface area contributed by atoms with Gasteiger partial charge in [0.1, 0.15) is 11.5 Å². The number of rotatable bonds is 6. The normalized spacial score (nSPS) is 16.7. The van der Waals surface area contributed by atoms with E-state index in [0.29, 0.717) is 19.0 Å². The van der Waals surface area contributed by atoms with Crippen molar-refractivity contribution in [3.63, 3.8) is 0 Å². The molecule has 1 N–H and O–H groups in total. The van der Waals surface area contributed by atoms with Gasteiger partial charge in [0.25, 0.3) is 0 Å². The zero-order valence-corrected chi connectivity index (χ0v) is 14.8. The van der Waals surface area contributed by atoms with E-state index in [-0.39, 0.29) is 6.03 Å². The number of methoxy groups -OCH3 is 1. The SMILES string of the molecule is COc1cccc(N2CC[C@@H](CNC(=O)N(C)Cc3ccco3)C2)c1. The maximum absolute atomic E-state index is 12.2. The van der Waals surface area contributed by atoms with Gasteiger partial charge in [0.2, 0.25) is 0 Å². The second-order valence-corrected chi connectivity index (χ2v) is 6.42. The van der Waals surface area contributed by atoms with Gasteiger partial charge in [-0.2, -0.15) is 0 Å². The Kier molecular flexibility index (Phi) is 5.48. The summed E-state index contributed by atoms with van der Waals surface area (Å²) in [5.74, 6) is 2.10. The summed E-state index contributed by atoms with van der Waals surface area (Å²) in [6.45, 7) is 3.09. The van der Waals surface area contributed by atoms with E-state index < -0.39 is 0 Å². The quantitative estimate of drug-likeness (QED) is 0.876. The number of nitrogens with zero attached hydrogens (tertiary/aromatic N) is 2. The van der Waals surface area contributed by atoms with E-state index in [1.807, 2.05) is 24.3 Å². The minimum absolute atomic E-state index is 0.0729. The van der Waals surface area contributed by atoms with E-state index in [0.717, 1.165) is 31.0 Å². The van der Waals surface area contributed by atoms with Crippen molar-refractivity contribution in [3.05, 3.63) is 48.4 Å². The fraction of sp³-hybridized carbons (Fsp3) is 0.421. The van der Waals surface area contributed by atoms with Crippen molar-refractivity contribution in [2.45, 2.75) is 13.0 Å². The minimum atomic E-state index is -0.0729. The molecular formula is C19H25N3O3. The molecule has 6 nitrogen and oxygen atoms in total. The van der Waals surface area contributed by atoms with Gasteiger partial charge in [-0.1, -0.05) is 6.07 Å². The largest absolute Gasteiger partial charge is 0.497 e. The van der Waals surface area contributed by atoms with Gasteiger partial charge in [-0.15, -0.1) is 0 Å². The highest BCUT2D eigenvalue weighted by molar-refractivity contribution is 5.73. The summed E-state index contributed by atoms with van der Waals surface area (Å²) in [4.78, 5) is 16.2. The van der Waals surface area contributed by atoms with Crippen molar-refractivity contribution in [2.24, 2.45) is 5.92 Å². The van der Waals surface area contributed by atoms with Gasteiger partial charge in [-0.25, -0.2) is 4.79 Å². The molecule has 2 amide bonds. The second-order valence-electron chi connectivity index (χ2n) is 6.42. The predicted octanol–water partition coefficient (Wildman–Crippen LogP) is 2.96. The number of amides is 2.